The fourth-order valence-corrected chi connectivity index (χ4v) is 4.59. The Morgan fingerprint density at radius 1 is 0.703 bits per heavy atom. The van der Waals surface area contributed by atoms with Crippen molar-refractivity contribution in [1.82, 2.24) is 0 Å². The maximum atomic E-state index is 6.63. The van der Waals surface area contributed by atoms with E-state index < -0.39 is 18.0 Å². The first-order chi connectivity index (χ1) is 17.3. The van der Waals surface area contributed by atoms with Gasteiger partial charge in [0, 0.05) is 18.3 Å². The summed E-state index contributed by atoms with van der Waals surface area (Å²) in [6.45, 7) is 20.2. The summed E-state index contributed by atoms with van der Waals surface area (Å²) in [7, 11) is 0. The third-order valence-electron chi connectivity index (χ3n) is 5.64. The van der Waals surface area contributed by atoms with Gasteiger partial charge in [-0.25, -0.2) is 0 Å². The van der Waals surface area contributed by atoms with Crippen molar-refractivity contribution in [3.63, 3.8) is 0 Å². The van der Waals surface area contributed by atoms with E-state index in [9.17, 15) is 0 Å². The van der Waals surface area contributed by atoms with Crippen molar-refractivity contribution in [2.24, 2.45) is 0 Å². The maximum Gasteiger partial charge on any atom is 0.200 e. The Kier molecular flexibility index (Phi) is 12.1. The largest absolute Gasteiger partial charge is 0.462 e. The molecule has 0 bridgehead atoms. The summed E-state index contributed by atoms with van der Waals surface area (Å²) < 4.78 is 23.4. The summed E-state index contributed by atoms with van der Waals surface area (Å²) in [5.41, 5.74) is 2.98. The normalized spacial score (nSPS) is 13.2. The topological polar surface area (TPSA) is 36.9 Å². The van der Waals surface area contributed by atoms with Crippen molar-refractivity contribution >= 4 is 46.4 Å². The molecule has 8 heteroatoms. The highest BCUT2D eigenvalue weighted by atomic mass is 35.5. The molecular weight excluding hydrogens is 554 g/mol. The van der Waals surface area contributed by atoms with E-state index in [1.54, 1.807) is 0 Å². The summed E-state index contributed by atoms with van der Waals surface area (Å²) >= 11 is 26.5. The van der Waals surface area contributed by atoms with Gasteiger partial charge in [-0.05, 0) is 49.2 Å². The van der Waals surface area contributed by atoms with Crippen molar-refractivity contribution in [2.45, 2.75) is 72.4 Å². The molecule has 0 aromatic heterocycles. The highest BCUT2D eigenvalue weighted by molar-refractivity contribution is 6.38. The average molecular weight is 590 g/mol. The van der Waals surface area contributed by atoms with E-state index in [4.69, 9.17) is 65.4 Å². The zero-order valence-corrected chi connectivity index (χ0v) is 25.4. The molecule has 0 radical (unpaired) electrons. The summed E-state index contributed by atoms with van der Waals surface area (Å²) in [4.78, 5) is 0. The van der Waals surface area contributed by atoms with Crippen LogP contribution in [0.3, 0.4) is 0 Å². The molecular formula is C29H36Cl4O4. The Bertz CT molecular complexity index is 982. The van der Waals surface area contributed by atoms with Gasteiger partial charge in [-0.2, -0.15) is 0 Å². The van der Waals surface area contributed by atoms with Crippen LogP contribution in [0.5, 0.6) is 11.5 Å². The van der Waals surface area contributed by atoms with Crippen molar-refractivity contribution in [2.75, 3.05) is 13.2 Å². The Hall–Kier alpha value is -1.40. The third kappa shape index (κ3) is 8.81. The molecule has 2 atom stereocenters. The molecule has 2 aromatic carbocycles. The molecule has 37 heavy (non-hydrogen) atoms. The molecule has 2 unspecified atom stereocenters. The fourth-order valence-electron chi connectivity index (χ4n) is 3.44. The molecule has 0 aliphatic rings. The molecule has 0 fully saturated rings. The fraction of sp³-hybridized carbons (Fsp3) is 0.448. The summed E-state index contributed by atoms with van der Waals surface area (Å²) in [6.07, 6.45) is 0.245. The van der Waals surface area contributed by atoms with E-state index in [1.165, 1.54) is 0 Å². The molecule has 0 spiro atoms. The van der Waals surface area contributed by atoms with Gasteiger partial charge in [0.15, 0.2) is 24.1 Å². The maximum absolute atomic E-state index is 6.63. The molecule has 0 saturated heterocycles. The van der Waals surface area contributed by atoms with Gasteiger partial charge in [0.05, 0.1) is 33.3 Å². The van der Waals surface area contributed by atoms with E-state index in [-0.39, 0.29) is 0 Å². The monoisotopic (exact) mass is 588 g/mol. The second-order valence-corrected chi connectivity index (χ2v) is 11.2. The van der Waals surface area contributed by atoms with Crippen LogP contribution in [0.1, 0.15) is 65.5 Å². The van der Waals surface area contributed by atoms with Gasteiger partial charge in [-0.3, -0.25) is 0 Å². The lowest BCUT2D eigenvalue weighted by molar-refractivity contribution is -0.0728. The first kappa shape index (κ1) is 31.8. The summed E-state index contributed by atoms with van der Waals surface area (Å²) in [5, 5.41) is 1.52. The van der Waals surface area contributed by atoms with Gasteiger partial charge in [0.1, 0.15) is 0 Å². The quantitative estimate of drug-likeness (QED) is 0.162. The van der Waals surface area contributed by atoms with Gasteiger partial charge in [0.25, 0.3) is 0 Å². The first-order valence-electron chi connectivity index (χ1n) is 12.1. The molecule has 2 aromatic rings. The third-order valence-corrected chi connectivity index (χ3v) is 6.76. The molecule has 0 aliphatic heterocycles. The van der Waals surface area contributed by atoms with Crippen LogP contribution >= 0.6 is 46.4 Å². The molecule has 204 valence electrons. The molecule has 0 N–H and O–H groups in total. The van der Waals surface area contributed by atoms with E-state index in [2.05, 4.69) is 13.2 Å². The van der Waals surface area contributed by atoms with Gasteiger partial charge in [-0.1, -0.05) is 98.4 Å². The minimum absolute atomic E-state index is 0.372. The Labute approximate surface area is 241 Å². The number of hydrogen-bond acceptors (Lipinski definition) is 4. The molecule has 2 rings (SSSR count). The van der Waals surface area contributed by atoms with E-state index in [0.717, 1.165) is 22.3 Å². The standard InChI is InChI=1S/C29H36Cl4O4/c1-9-25(34-15-17(3)4)36-27-21(30)11-19(12-22(27)31)29(7,8)20-13-23(32)28(24(33)14-20)37-26(10-2)35-16-18(5)6/h11-14,25-26H,3,5,9-10,15-16H2,1-2,4,6-8H3. The van der Waals surface area contributed by atoms with E-state index in [0.29, 0.717) is 57.6 Å². The molecule has 0 saturated carbocycles. The smallest absolute Gasteiger partial charge is 0.200 e. The van der Waals surface area contributed by atoms with Gasteiger partial charge in [-0.15, -0.1) is 0 Å². The minimum atomic E-state index is -0.543. The van der Waals surface area contributed by atoms with Gasteiger partial charge >= 0.3 is 0 Å². The highest BCUT2D eigenvalue weighted by Gasteiger charge is 2.28. The van der Waals surface area contributed by atoms with Crippen LogP contribution in [0.25, 0.3) is 0 Å². The number of halogens is 4. The van der Waals surface area contributed by atoms with Crippen LogP contribution in [-0.2, 0) is 14.9 Å². The predicted molar refractivity (Wildman–Crippen MR) is 156 cm³/mol. The van der Waals surface area contributed by atoms with Crippen LogP contribution in [-0.4, -0.2) is 25.8 Å². The minimum Gasteiger partial charge on any atom is -0.462 e. The van der Waals surface area contributed by atoms with Crippen LogP contribution < -0.4 is 9.47 Å². The molecule has 0 amide bonds. The Morgan fingerprint density at radius 2 is 1.00 bits per heavy atom. The molecule has 0 heterocycles. The number of hydrogen-bond donors (Lipinski definition) is 0. The number of ether oxygens (including phenoxy) is 4. The zero-order valence-electron chi connectivity index (χ0n) is 22.4. The van der Waals surface area contributed by atoms with Crippen LogP contribution in [0.4, 0.5) is 0 Å². The lowest BCUT2D eigenvalue weighted by Gasteiger charge is -2.29. The summed E-state index contributed by atoms with van der Waals surface area (Å²) in [5.74, 6) is 0.744. The lowest BCUT2D eigenvalue weighted by atomic mass is 9.78. The Balaban J connectivity index is 2.33. The van der Waals surface area contributed by atoms with E-state index in [1.807, 2.05) is 65.8 Å². The van der Waals surface area contributed by atoms with Crippen LogP contribution in [0, 0.1) is 0 Å². The van der Waals surface area contributed by atoms with Crippen molar-refractivity contribution in [3.8, 4) is 11.5 Å². The zero-order chi connectivity index (χ0) is 27.9. The lowest BCUT2D eigenvalue weighted by Crippen LogP contribution is -2.22. The number of benzene rings is 2. The number of rotatable bonds is 14. The predicted octanol–water partition coefficient (Wildman–Crippen LogP) is 10.0. The highest BCUT2D eigenvalue weighted by Crippen LogP contribution is 2.44. The van der Waals surface area contributed by atoms with Crippen LogP contribution in [0.2, 0.25) is 20.1 Å². The van der Waals surface area contributed by atoms with Crippen molar-refractivity contribution in [3.05, 3.63) is 79.8 Å². The van der Waals surface area contributed by atoms with Crippen LogP contribution in [0.15, 0.2) is 48.6 Å². The summed E-state index contributed by atoms with van der Waals surface area (Å²) in [6, 6.07) is 7.33. The second kappa shape index (κ2) is 14.1. The van der Waals surface area contributed by atoms with Crippen molar-refractivity contribution < 1.29 is 18.9 Å². The van der Waals surface area contributed by atoms with Crippen molar-refractivity contribution in [1.29, 1.82) is 0 Å². The molecule has 4 nitrogen and oxygen atoms in total. The first-order valence-corrected chi connectivity index (χ1v) is 13.7. The SMILES string of the molecule is C=C(C)COC(CC)Oc1c(Cl)cc(C(C)(C)c2cc(Cl)c(OC(CC)OCC(=C)C)c(Cl)c2)cc1Cl. The average Bonchev–Trinajstić information content (AvgIpc) is 2.81. The van der Waals surface area contributed by atoms with Gasteiger partial charge < -0.3 is 18.9 Å². The Morgan fingerprint density at radius 3 is 1.24 bits per heavy atom. The second-order valence-electron chi connectivity index (χ2n) is 9.61. The van der Waals surface area contributed by atoms with E-state index >= 15 is 0 Å². The van der Waals surface area contributed by atoms with Gasteiger partial charge in [0.2, 0.25) is 0 Å². The molecule has 0 aliphatic carbocycles.